The number of hydrogen-bond acceptors (Lipinski definition) is 8. The fraction of sp³-hybridized carbons (Fsp3) is 0.286. The number of rotatable bonds is 12. The van der Waals surface area contributed by atoms with Crippen molar-refractivity contribution in [1.82, 2.24) is 4.98 Å². The van der Waals surface area contributed by atoms with Crippen LogP contribution in [-0.4, -0.2) is 43.2 Å². The van der Waals surface area contributed by atoms with Gasteiger partial charge in [0, 0.05) is 36.7 Å². The third kappa shape index (κ3) is 6.73. The Balaban J connectivity index is 1.91. The first-order valence-corrected chi connectivity index (χ1v) is 13.8. The Morgan fingerprint density at radius 1 is 1.09 bits per heavy atom. The zero-order valence-corrected chi connectivity index (χ0v) is 21.5. The van der Waals surface area contributed by atoms with Crippen LogP contribution in [0.5, 0.6) is 5.75 Å². The second-order valence-electron chi connectivity index (χ2n) is 7.06. The van der Waals surface area contributed by atoms with Gasteiger partial charge in [-0.05, 0) is 53.8 Å². The molecule has 0 aliphatic carbocycles. The topological polar surface area (TPSA) is 103 Å². The first-order chi connectivity index (χ1) is 16.2. The smallest absolute Gasteiger partial charge is 0.328 e. The van der Waals surface area contributed by atoms with E-state index in [0.717, 1.165) is 17.0 Å². The van der Waals surface area contributed by atoms with E-state index in [1.54, 1.807) is 18.2 Å². The zero-order chi connectivity index (χ0) is 24.7. The number of nitro groups is 1. The molecule has 2 heterocycles. The van der Waals surface area contributed by atoms with Gasteiger partial charge < -0.3 is 9.08 Å². The van der Waals surface area contributed by atoms with Crippen LogP contribution in [0.3, 0.4) is 0 Å². The van der Waals surface area contributed by atoms with Crippen molar-refractivity contribution in [1.29, 1.82) is 0 Å². The molecule has 2 aromatic heterocycles. The van der Waals surface area contributed by atoms with Gasteiger partial charge in [0.1, 0.15) is 16.2 Å². The molecule has 0 bridgehead atoms. The minimum absolute atomic E-state index is 0.0528. The van der Waals surface area contributed by atoms with Crippen LogP contribution in [0.1, 0.15) is 16.4 Å². The maximum atomic E-state index is 13.3. The van der Waals surface area contributed by atoms with Crippen LogP contribution < -0.4 is 9.08 Å². The second-order valence-corrected chi connectivity index (χ2v) is 10.8. The van der Waals surface area contributed by atoms with Crippen molar-refractivity contribution >= 4 is 66.9 Å². The molecule has 3 rings (SSSR count). The molecule has 1 aromatic carbocycles. The summed E-state index contributed by atoms with van der Waals surface area (Å²) in [6.45, 7) is 1.15. The Hall–Kier alpha value is -2.11. The summed E-state index contributed by atoms with van der Waals surface area (Å²) in [6, 6.07) is 11.0. The number of benzene rings is 1. The van der Waals surface area contributed by atoms with Crippen molar-refractivity contribution in [3.63, 3.8) is 0 Å². The van der Waals surface area contributed by atoms with E-state index in [9.17, 15) is 18.5 Å². The molecule has 34 heavy (non-hydrogen) atoms. The van der Waals surface area contributed by atoms with Crippen LogP contribution in [0.2, 0.25) is 5.15 Å². The van der Waals surface area contributed by atoms with Gasteiger partial charge in [-0.2, -0.15) is 8.42 Å². The van der Waals surface area contributed by atoms with Gasteiger partial charge in [-0.25, -0.2) is 4.98 Å². The molecule has 0 saturated heterocycles. The molecule has 1 unspecified atom stereocenters. The Kier molecular flexibility index (Phi) is 9.38. The third-order valence-corrected chi connectivity index (χ3v) is 7.85. The largest absolute Gasteiger partial charge is 0.382 e. The van der Waals surface area contributed by atoms with E-state index in [2.05, 4.69) is 4.98 Å². The van der Waals surface area contributed by atoms with Gasteiger partial charge in [0.2, 0.25) is 0 Å². The Morgan fingerprint density at radius 2 is 1.76 bits per heavy atom. The van der Waals surface area contributed by atoms with Crippen LogP contribution in [0, 0.1) is 10.1 Å². The fourth-order valence-corrected chi connectivity index (χ4v) is 6.06. The van der Waals surface area contributed by atoms with Crippen molar-refractivity contribution in [3.05, 3.63) is 80.4 Å². The molecular weight excluding hydrogens is 545 g/mol. The molecule has 0 N–H and O–H groups in total. The summed E-state index contributed by atoms with van der Waals surface area (Å²) >= 11 is 18.4. The molecule has 0 amide bonds. The quantitative estimate of drug-likeness (QED) is 0.0916. The summed E-state index contributed by atoms with van der Waals surface area (Å²) in [5.74, 6) is 0.895. The average molecular weight is 565 g/mol. The molecule has 0 radical (unpaired) electrons. The number of aromatic nitrogens is 1. The van der Waals surface area contributed by atoms with Gasteiger partial charge in [0.25, 0.3) is 0 Å². The lowest BCUT2D eigenvalue weighted by molar-refractivity contribution is -0.380. The first kappa shape index (κ1) is 26.5. The minimum atomic E-state index is -4.33. The molecule has 13 heteroatoms. The normalized spacial score (nSPS) is 12.3. The molecule has 8 nitrogen and oxygen atoms in total. The molecule has 3 aromatic rings. The number of hydrogen-bond donors (Lipinski definition) is 0. The van der Waals surface area contributed by atoms with E-state index in [1.807, 2.05) is 4.90 Å². The van der Waals surface area contributed by atoms with Crippen molar-refractivity contribution in [2.75, 3.05) is 29.7 Å². The van der Waals surface area contributed by atoms with E-state index in [4.69, 9.17) is 39.0 Å². The molecule has 1 atom stereocenters. The van der Waals surface area contributed by atoms with Crippen LogP contribution >= 0.6 is 46.1 Å². The summed E-state index contributed by atoms with van der Waals surface area (Å²) in [4.78, 5) is 16.8. The molecule has 0 spiro atoms. The predicted octanol–water partition coefficient (Wildman–Crippen LogP) is 5.68. The van der Waals surface area contributed by atoms with E-state index >= 15 is 0 Å². The number of pyridine rings is 1. The Morgan fingerprint density at radius 3 is 2.32 bits per heavy atom. The lowest BCUT2D eigenvalue weighted by atomic mass is 10.1. The van der Waals surface area contributed by atoms with Crippen molar-refractivity contribution in [3.8, 4) is 5.75 Å². The van der Waals surface area contributed by atoms with Crippen LogP contribution in [0.25, 0.3) is 0 Å². The molecule has 0 aliphatic heterocycles. The zero-order valence-electron chi connectivity index (χ0n) is 17.6. The van der Waals surface area contributed by atoms with Crippen molar-refractivity contribution in [2.24, 2.45) is 0 Å². The summed E-state index contributed by atoms with van der Waals surface area (Å²) < 4.78 is 32.1. The first-order valence-electron chi connectivity index (χ1n) is 9.97. The third-order valence-electron chi connectivity index (χ3n) is 4.87. The molecule has 182 valence electrons. The number of halogens is 3. The highest BCUT2D eigenvalue weighted by molar-refractivity contribution is 7.87. The highest BCUT2D eigenvalue weighted by Crippen LogP contribution is 2.38. The van der Waals surface area contributed by atoms with Crippen LogP contribution in [-0.2, 0) is 16.5 Å². The maximum Gasteiger partial charge on any atom is 0.328 e. The maximum absolute atomic E-state index is 13.3. The Labute approximate surface area is 216 Å². The SMILES string of the molecule is O=[N+]([O-])c1sccc1C(Cc1ccc(Cl)nc1)S(=O)(=O)Oc1ccc(N(CCCl)CCCl)cc1. The van der Waals surface area contributed by atoms with Gasteiger partial charge >= 0.3 is 15.1 Å². The van der Waals surface area contributed by atoms with Gasteiger partial charge in [0.15, 0.2) is 0 Å². The van der Waals surface area contributed by atoms with Gasteiger partial charge in [0.05, 0.1) is 10.5 Å². The molecule has 0 aliphatic rings. The summed E-state index contributed by atoms with van der Waals surface area (Å²) in [6.07, 6.45) is 1.35. The monoisotopic (exact) mass is 563 g/mol. The van der Waals surface area contributed by atoms with E-state index in [-0.39, 0.29) is 27.9 Å². The van der Waals surface area contributed by atoms with Crippen LogP contribution in [0.4, 0.5) is 10.7 Å². The summed E-state index contributed by atoms with van der Waals surface area (Å²) in [5.41, 5.74) is 1.40. The number of anilines is 1. The van der Waals surface area contributed by atoms with Gasteiger partial charge in [-0.3, -0.25) is 10.1 Å². The highest BCUT2D eigenvalue weighted by Gasteiger charge is 2.36. The second kappa shape index (κ2) is 12.0. The van der Waals surface area contributed by atoms with Gasteiger partial charge in [-0.15, -0.1) is 23.2 Å². The highest BCUT2D eigenvalue weighted by atomic mass is 35.5. The van der Waals surface area contributed by atoms with E-state index < -0.39 is 20.3 Å². The number of nitrogens with zero attached hydrogens (tertiary/aromatic N) is 3. The van der Waals surface area contributed by atoms with Crippen LogP contribution in [0.15, 0.2) is 54.0 Å². The summed E-state index contributed by atoms with van der Waals surface area (Å²) in [5, 5.41) is 11.6. The lowest BCUT2D eigenvalue weighted by Gasteiger charge is -2.23. The standard InChI is InChI=1S/C21H20Cl3N3O5S2/c22-8-10-26(11-9-23)16-2-4-17(5-3-16)32-34(30,31)19(13-15-1-6-20(24)25-14-15)18-7-12-33-21(18)27(28)29/h1-7,12,14,19H,8-11,13H2. The predicted molar refractivity (Wildman–Crippen MR) is 136 cm³/mol. The van der Waals surface area contributed by atoms with Crippen molar-refractivity contribution in [2.45, 2.75) is 11.7 Å². The lowest BCUT2D eigenvalue weighted by Crippen LogP contribution is -2.27. The van der Waals surface area contributed by atoms with E-state index in [0.29, 0.717) is 30.4 Å². The number of thiophene rings is 1. The van der Waals surface area contributed by atoms with Gasteiger partial charge in [-0.1, -0.05) is 29.0 Å². The molecule has 0 saturated carbocycles. The van der Waals surface area contributed by atoms with E-state index in [1.165, 1.54) is 35.8 Å². The number of alkyl halides is 2. The molecule has 0 fully saturated rings. The van der Waals surface area contributed by atoms with Crippen molar-refractivity contribution < 1.29 is 17.5 Å². The Bertz CT molecular complexity index is 1200. The minimum Gasteiger partial charge on any atom is -0.382 e. The molecular formula is C21H20Cl3N3O5S2. The fourth-order valence-electron chi connectivity index (χ4n) is 3.29. The summed E-state index contributed by atoms with van der Waals surface area (Å²) in [7, 11) is -4.33. The average Bonchev–Trinajstić information content (AvgIpc) is 3.28.